The number of aliphatic hydroxyl groups is 1. The second kappa shape index (κ2) is 5.29. The van der Waals surface area contributed by atoms with Crippen molar-refractivity contribution in [2.24, 2.45) is 0 Å². The van der Waals surface area contributed by atoms with Crippen LogP contribution in [0.2, 0.25) is 0 Å². The van der Waals surface area contributed by atoms with Crippen molar-refractivity contribution in [2.75, 3.05) is 0 Å². The maximum absolute atomic E-state index is 14.4. The minimum absolute atomic E-state index is 0.0511. The predicted molar refractivity (Wildman–Crippen MR) is 79.2 cm³/mol. The fourth-order valence-electron chi connectivity index (χ4n) is 3.04. The van der Waals surface area contributed by atoms with Crippen molar-refractivity contribution in [1.82, 2.24) is 14.7 Å². The minimum Gasteiger partial charge on any atom is -0.383 e. The van der Waals surface area contributed by atoms with Crippen molar-refractivity contribution in [3.05, 3.63) is 36.4 Å². The maximum Gasteiger partial charge on any atom is 0.352 e. The van der Waals surface area contributed by atoms with E-state index in [1.807, 2.05) is 0 Å². The van der Waals surface area contributed by atoms with Crippen LogP contribution in [0.3, 0.4) is 0 Å². The van der Waals surface area contributed by atoms with Gasteiger partial charge in [0.1, 0.15) is 5.60 Å². The normalized spacial score (nSPS) is 17.2. The number of fused-ring (bicyclic) bond motifs is 1. The van der Waals surface area contributed by atoms with Gasteiger partial charge in [-0.25, -0.2) is 0 Å². The number of hydrogen-bond acceptors (Lipinski definition) is 4. The van der Waals surface area contributed by atoms with E-state index in [1.165, 1.54) is 30.5 Å². The molecule has 3 aromatic rings. The summed E-state index contributed by atoms with van der Waals surface area (Å²) in [4.78, 5) is 3.72. The molecule has 1 fully saturated rings. The summed E-state index contributed by atoms with van der Waals surface area (Å²) in [6, 6.07) is 5.95. The third-order valence-corrected chi connectivity index (χ3v) is 4.67. The topological polar surface area (TPSA) is 64.1 Å². The molecule has 0 bridgehead atoms. The monoisotopic (exact) mass is 355 g/mol. The first-order valence-electron chi connectivity index (χ1n) is 7.66. The average Bonchev–Trinajstić information content (AvgIpc) is 3.19. The zero-order valence-corrected chi connectivity index (χ0v) is 12.8. The van der Waals surface area contributed by atoms with Gasteiger partial charge < -0.3 is 9.63 Å². The van der Waals surface area contributed by atoms with Crippen LogP contribution in [0.5, 0.6) is 0 Å². The second-order valence-electron chi connectivity index (χ2n) is 6.12. The molecular weight excluding hydrogens is 342 g/mol. The third-order valence-electron chi connectivity index (χ3n) is 4.67. The zero-order chi connectivity index (χ0) is 17.8. The highest BCUT2D eigenvalue weighted by atomic mass is 19.3. The number of benzene rings is 1. The van der Waals surface area contributed by atoms with E-state index in [0.29, 0.717) is 17.4 Å². The van der Waals surface area contributed by atoms with E-state index in [1.54, 1.807) is 0 Å². The van der Waals surface area contributed by atoms with Crippen molar-refractivity contribution in [2.45, 2.75) is 37.3 Å². The summed E-state index contributed by atoms with van der Waals surface area (Å²) in [6.07, 6.45) is 1.59. The van der Waals surface area contributed by atoms with Crippen molar-refractivity contribution < 1.29 is 27.2 Å². The standard InChI is InChI=1S/C16H13F4N3O2/c17-14(18)23-8-5-9-10(3-1-4-11(9)23)12-21-13(25-22-12)16(19,20)15(24)6-2-7-15/h1,3-5,8,14,24H,2,6-7H2. The van der Waals surface area contributed by atoms with Crippen LogP contribution >= 0.6 is 0 Å². The lowest BCUT2D eigenvalue weighted by Crippen LogP contribution is -2.51. The molecule has 0 saturated heterocycles. The average molecular weight is 355 g/mol. The van der Waals surface area contributed by atoms with Crippen LogP contribution in [0.25, 0.3) is 22.3 Å². The van der Waals surface area contributed by atoms with Gasteiger partial charge in [-0.1, -0.05) is 17.3 Å². The quantitative estimate of drug-likeness (QED) is 0.716. The van der Waals surface area contributed by atoms with Gasteiger partial charge in [-0.2, -0.15) is 22.5 Å². The number of hydrogen-bond donors (Lipinski definition) is 1. The van der Waals surface area contributed by atoms with Crippen LogP contribution in [0.4, 0.5) is 17.6 Å². The van der Waals surface area contributed by atoms with Crippen LogP contribution in [0.15, 0.2) is 35.0 Å². The molecule has 2 aromatic heterocycles. The Morgan fingerprint density at radius 3 is 2.64 bits per heavy atom. The Hall–Kier alpha value is -2.42. The second-order valence-corrected chi connectivity index (χ2v) is 6.12. The molecule has 1 aliphatic rings. The molecule has 1 aromatic carbocycles. The number of halogens is 4. The van der Waals surface area contributed by atoms with Gasteiger partial charge in [0, 0.05) is 17.1 Å². The highest BCUT2D eigenvalue weighted by Gasteiger charge is 2.60. The van der Waals surface area contributed by atoms with Gasteiger partial charge in [-0.05, 0) is 31.4 Å². The number of alkyl halides is 4. The first-order chi connectivity index (χ1) is 11.8. The Bertz CT molecular complexity index is 931. The van der Waals surface area contributed by atoms with Crippen LogP contribution in [-0.4, -0.2) is 25.4 Å². The number of rotatable bonds is 4. The summed E-state index contributed by atoms with van der Waals surface area (Å²) in [5.41, 5.74) is -1.66. The van der Waals surface area contributed by atoms with Gasteiger partial charge in [0.2, 0.25) is 5.82 Å². The Morgan fingerprint density at radius 1 is 1.24 bits per heavy atom. The molecule has 1 N–H and O–H groups in total. The lowest BCUT2D eigenvalue weighted by Gasteiger charge is -2.40. The van der Waals surface area contributed by atoms with Crippen LogP contribution < -0.4 is 0 Å². The van der Waals surface area contributed by atoms with E-state index in [4.69, 9.17) is 0 Å². The van der Waals surface area contributed by atoms with Crippen molar-refractivity contribution in [3.8, 4) is 11.4 Å². The lowest BCUT2D eigenvalue weighted by molar-refractivity contribution is -0.235. The first-order valence-corrected chi connectivity index (χ1v) is 7.66. The van der Waals surface area contributed by atoms with Crippen LogP contribution in [0.1, 0.15) is 31.7 Å². The highest BCUT2D eigenvalue weighted by molar-refractivity contribution is 5.93. The Morgan fingerprint density at radius 2 is 2.00 bits per heavy atom. The van der Waals surface area contributed by atoms with E-state index in [-0.39, 0.29) is 24.2 Å². The summed E-state index contributed by atoms with van der Waals surface area (Å²) >= 11 is 0. The minimum atomic E-state index is -3.67. The molecule has 0 spiro atoms. The van der Waals surface area contributed by atoms with Gasteiger partial charge >= 0.3 is 18.4 Å². The number of aromatic nitrogens is 3. The molecular formula is C16H13F4N3O2. The van der Waals surface area contributed by atoms with Crippen LogP contribution in [-0.2, 0) is 5.92 Å². The summed E-state index contributed by atoms with van der Waals surface area (Å²) < 4.78 is 60.2. The van der Waals surface area contributed by atoms with Gasteiger partial charge in [0.15, 0.2) is 0 Å². The Labute approximate surface area is 138 Å². The first kappa shape index (κ1) is 16.1. The smallest absolute Gasteiger partial charge is 0.352 e. The summed E-state index contributed by atoms with van der Waals surface area (Å²) in [7, 11) is 0. The summed E-state index contributed by atoms with van der Waals surface area (Å²) in [5.74, 6) is -4.79. The Kier molecular flexibility index (Phi) is 3.40. The summed E-state index contributed by atoms with van der Waals surface area (Å²) in [6.45, 7) is -2.73. The molecule has 0 amide bonds. The molecule has 9 heteroatoms. The van der Waals surface area contributed by atoms with Gasteiger partial charge in [0.05, 0.1) is 5.52 Å². The highest BCUT2D eigenvalue weighted by Crippen LogP contribution is 2.49. The molecule has 2 heterocycles. The number of nitrogens with zero attached hydrogens (tertiary/aromatic N) is 3. The SMILES string of the molecule is OC1(C(F)(F)c2nc(-c3cccc4c3ccn4C(F)F)no2)CCC1. The fourth-order valence-corrected chi connectivity index (χ4v) is 3.04. The maximum atomic E-state index is 14.4. The summed E-state index contributed by atoms with van der Waals surface area (Å²) in [5, 5.41) is 13.9. The van der Waals surface area contributed by atoms with E-state index in [2.05, 4.69) is 14.7 Å². The third kappa shape index (κ3) is 2.25. The lowest BCUT2D eigenvalue weighted by atomic mass is 9.75. The van der Waals surface area contributed by atoms with E-state index in [9.17, 15) is 22.7 Å². The van der Waals surface area contributed by atoms with Crippen LogP contribution in [0, 0.1) is 0 Å². The van der Waals surface area contributed by atoms with Crippen molar-refractivity contribution >= 4 is 10.9 Å². The fraction of sp³-hybridized carbons (Fsp3) is 0.375. The Balaban J connectivity index is 1.77. The van der Waals surface area contributed by atoms with Gasteiger partial charge in [0.25, 0.3) is 0 Å². The van der Waals surface area contributed by atoms with Gasteiger partial charge in [-0.15, -0.1) is 0 Å². The van der Waals surface area contributed by atoms with E-state index >= 15 is 0 Å². The molecule has 25 heavy (non-hydrogen) atoms. The van der Waals surface area contributed by atoms with Gasteiger partial charge in [-0.3, -0.25) is 4.57 Å². The molecule has 0 aliphatic heterocycles. The zero-order valence-electron chi connectivity index (χ0n) is 12.8. The van der Waals surface area contributed by atoms with Crippen molar-refractivity contribution in [3.63, 3.8) is 0 Å². The van der Waals surface area contributed by atoms with E-state index in [0.717, 1.165) is 4.57 Å². The molecule has 0 atom stereocenters. The molecule has 1 aliphatic carbocycles. The molecule has 1 saturated carbocycles. The van der Waals surface area contributed by atoms with E-state index < -0.39 is 24.0 Å². The molecule has 5 nitrogen and oxygen atoms in total. The largest absolute Gasteiger partial charge is 0.383 e. The molecule has 0 unspecified atom stereocenters. The van der Waals surface area contributed by atoms with Crippen molar-refractivity contribution in [1.29, 1.82) is 0 Å². The molecule has 132 valence electrons. The predicted octanol–water partition coefficient (Wildman–Crippen LogP) is 4.09. The molecule has 4 rings (SSSR count). The molecule has 0 radical (unpaired) electrons.